The minimum atomic E-state index is -0.0214. The van der Waals surface area contributed by atoms with Crippen LogP contribution in [0.1, 0.15) is 32.1 Å². The molecule has 0 radical (unpaired) electrons. The molecular weight excluding hydrogens is 140 g/mol. The van der Waals surface area contributed by atoms with Crippen molar-refractivity contribution in [2.45, 2.75) is 38.2 Å². The highest BCUT2D eigenvalue weighted by Crippen LogP contribution is 2.28. The van der Waals surface area contributed by atoms with Crippen molar-refractivity contribution in [1.29, 1.82) is 0 Å². The number of ether oxygens (including phenoxy) is 1. The maximum absolute atomic E-state index is 9.45. The molecule has 0 aromatic rings. The van der Waals surface area contributed by atoms with Gasteiger partial charge in [-0.2, -0.15) is 0 Å². The number of hydrogen-bond donors (Lipinski definition) is 1. The van der Waals surface area contributed by atoms with Gasteiger partial charge in [-0.3, -0.25) is 0 Å². The van der Waals surface area contributed by atoms with Crippen molar-refractivity contribution in [2.75, 3.05) is 13.7 Å². The molecule has 0 spiro atoms. The highest BCUT2D eigenvalue weighted by atomic mass is 16.5. The first kappa shape index (κ1) is 9.01. The van der Waals surface area contributed by atoms with E-state index < -0.39 is 0 Å². The van der Waals surface area contributed by atoms with E-state index in [0.29, 0.717) is 5.92 Å². The molecule has 0 aromatic heterocycles. The lowest BCUT2D eigenvalue weighted by Crippen LogP contribution is -2.13. The van der Waals surface area contributed by atoms with E-state index in [-0.39, 0.29) is 6.10 Å². The quantitative estimate of drug-likeness (QED) is 0.629. The summed E-state index contributed by atoms with van der Waals surface area (Å²) < 4.78 is 4.96. The van der Waals surface area contributed by atoms with Crippen molar-refractivity contribution in [3.05, 3.63) is 0 Å². The van der Waals surface area contributed by atoms with E-state index in [9.17, 15) is 5.11 Å². The Labute approximate surface area is 68.6 Å². The van der Waals surface area contributed by atoms with Gasteiger partial charge in [0.2, 0.25) is 0 Å². The molecule has 0 aromatic carbocycles. The lowest BCUT2D eigenvalue weighted by atomic mass is 10.0. The minimum Gasteiger partial charge on any atom is -0.393 e. The Balaban J connectivity index is 2.05. The van der Waals surface area contributed by atoms with Crippen LogP contribution in [0.3, 0.4) is 0 Å². The number of hydrogen-bond acceptors (Lipinski definition) is 2. The number of aliphatic hydroxyl groups is 1. The highest BCUT2D eigenvalue weighted by molar-refractivity contribution is 4.76. The second kappa shape index (κ2) is 4.73. The molecule has 2 nitrogen and oxygen atoms in total. The molecule has 0 saturated heterocycles. The molecule has 1 N–H and O–H groups in total. The Morgan fingerprint density at radius 2 is 2.27 bits per heavy atom. The van der Waals surface area contributed by atoms with E-state index in [0.717, 1.165) is 25.9 Å². The zero-order chi connectivity index (χ0) is 8.10. The van der Waals surface area contributed by atoms with E-state index in [2.05, 4.69) is 0 Å². The predicted molar refractivity (Wildman–Crippen MR) is 44.5 cm³/mol. The molecular formula is C9H18O2. The molecule has 1 rings (SSSR count). The molecule has 2 atom stereocenters. The lowest BCUT2D eigenvalue weighted by Gasteiger charge is -2.12. The van der Waals surface area contributed by atoms with Crippen molar-refractivity contribution >= 4 is 0 Å². The average molecular weight is 158 g/mol. The van der Waals surface area contributed by atoms with Crippen molar-refractivity contribution in [3.8, 4) is 0 Å². The summed E-state index contributed by atoms with van der Waals surface area (Å²) in [6.45, 7) is 0.837. The van der Waals surface area contributed by atoms with Crippen molar-refractivity contribution in [3.63, 3.8) is 0 Å². The molecule has 66 valence electrons. The van der Waals surface area contributed by atoms with E-state index >= 15 is 0 Å². The van der Waals surface area contributed by atoms with E-state index in [1.54, 1.807) is 7.11 Å². The van der Waals surface area contributed by atoms with Crippen LogP contribution >= 0.6 is 0 Å². The van der Waals surface area contributed by atoms with E-state index in [1.807, 2.05) is 0 Å². The summed E-state index contributed by atoms with van der Waals surface area (Å²) in [4.78, 5) is 0. The second-order valence-corrected chi connectivity index (χ2v) is 3.39. The van der Waals surface area contributed by atoms with Gasteiger partial charge < -0.3 is 9.84 Å². The molecule has 0 amide bonds. The lowest BCUT2D eigenvalue weighted by molar-refractivity contribution is 0.117. The Morgan fingerprint density at radius 3 is 2.82 bits per heavy atom. The summed E-state index contributed by atoms with van der Waals surface area (Å²) in [6.07, 6.45) is 5.64. The third kappa shape index (κ3) is 2.80. The molecule has 0 aliphatic heterocycles. The van der Waals surface area contributed by atoms with Gasteiger partial charge in [-0.15, -0.1) is 0 Å². The van der Waals surface area contributed by atoms with Gasteiger partial charge in [0.05, 0.1) is 6.10 Å². The van der Waals surface area contributed by atoms with Gasteiger partial charge in [0, 0.05) is 13.7 Å². The topological polar surface area (TPSA) is 29.5 Å². The van der Waals surface area contributed by atoms with Crippen LogP contribution in [0.4, 0.5) is 0 Å². The predicted octanol–water partition coefficient (Wildman–Crippen LogP) is 1.57. The maximum Gasteiger partial charge on any atom is 0.0568 e. The fourth-order valence-corrected chi connectivity index (χ4v) is 1.84. The van der Waals surface area contributed by atoms with Gasteiger partial charge in [0.15, 0.2) is 0 Å². The molecule has 0 unspecified atom stereocenters. The summed E-state index contributed by atoms with van der Waals surface area (Å²) in [7, 11) is 1.73. The largest absolute Gasteiger partial charge is 0.393 e. The normalized spacial score (nSPS) is 31.1. The highest BCUT2D eigenvalue weighted by Gasteiger charge is 2.24. The van der Waals surface area contributed by atoms with Crippen molar-refractivity contribution < 1.29 is 9.84 Å². The molecule has 11 heavy (non-hydrogen) atoms. The van der Waals surface area contributed by atoms with Crippen molar-refractivity contribution in [2.24, 2.45) is 5.92 Å². The molecule has 1 aliphatic carbocycles. The average Bonchev–Trinajstić information content (AvgIpc) is 2.37. The van der Waals surface area contributed by atoms with Gasteiger partial charge in [-0.05, 0) is 31.6 Å². The van der Waals surface area contributed by atoms with Gasteiger partial charge in [-0.25, -0.2) is 0 Å². The van der Waals surface area contributed by atoms with Crippen LogP contribution in [0.2, 0.25) is 0 Å². The van der Waals surface area contributed by atoms with Crippen LogP contribution in [-0.2, 0) is 4.74 Å². The Morgan fingerprint density at radius 1 is 1.45 bits per heavy atom. The van der Waals surface area contributed by atoms with Gasteiger partial charge in [0.25, 0.3) is 0 Å². The van der Waals surface area contributed by atoms with Crippen LogP contribution in [-0.4, -0.2) is 24.9 Å². The zero-order valence-electron chi connectivity index (χ0n) is 7.25. The van der Waals surface area contributed by atoms with Crippen LogP contribution in [0.15, 0.2) is 0 Å². The van der Waals surface area contributed by atoms with Crippen LogP contribution in [0.25, 0.3) is 0 Å². The summed E-state index contributed by atoms with van der Waals surface area (Å²) in [5.74, 6) is 0.560. The molecule has 0 heterocycles. The SMILES string of the molecule is COCCC[C@@H]1CCC[C@H]1O. The van der Waals surface area contributed by atoms with Gasteiger partial charge in [-0.1, -0.05) is 6.42 Å². The number of aliphatic hydroxyl groups excluding tert-OH is 1. The van der Waals surface area contributed by atoms with Gasteiger partial charge >= 0.3 is 0 Å². The first-order chi connectivity index (χ1) is 5.34. The molecule has 1 aliphatic rings. The Bertz CT molecular complexity index is 104. The molecule has 1 fully saturated rings. The minimum absolute atomic E-state index is 0.0214. The maximum atomic E-state index is 9.45. The zero-order valence-corrected chi connectivity index (χ0v) is 7.25. The third-order valence-electron chi connectivity index (χ3n) is 2.54. The standard InChI is InChI=1S/C9H18O2/c1-11-7-3-5-8-4-2-6-9(8)10/h8-10H,2-7H2,1H3/t8-,9+/m0/s1. The van der Waals surface area contributed by atoms with E-state index in [1.165, 1.54) is 12.8 Å². The molecule has 2 heteroatoms. The van der Waals surface area contributed by atoms with Gasteiger partial charge in [0.1, 0.15) is 0 Å². The summed E-state index contributed by atoms with van der Waals surface area (Å²) in [5.41, 5.74) is 0. The molecule has 1 saturated carbocycles. The van der Waals surface area contributed by atoms with Crippen LogP contribution in [0.5, 0.6) is 0 Å². The monoisotopic (exact) mass is 158 g/mol. The molecule has 0 bridgehead atoms. The first-order valence-electron chi connectivity index (χ1n) is 4.51. The fourth-order valence-electron chi connectivity index (χ4n) is 1.84. The smallest absolute Gasteiger partial charge is 0.0568 e. The summed E-state index contributed by atoms with van der Waals surface area (Å²) >= 11 is 0. The summed E-state index contributed by atoms with van der Waals surface area (Å²) in [6, 6.07) is 0. The third-order valence-corrected chi connectivity index (χ3v) is 2.54. The van der Waals surface area contributed by atoms with Crippen molar-refractivity contribution in [1.82, 2.24) is 0 Å². The first-order valence-corrected chi connectivity index (χ1v) is 4.51. The fraction of sp³-hybridized carbons (Fsp3) is 1.00. The Hall–Kier alpha value is -0.0800. The van der Waals surface area contributed by atoms with Crippen LogP contribution in [0, 0.1) is 5.92 Å². The summed E-state index contributed by atoms with van der Waals surface area (Å²) in [5, 5.41) is 9.45. The second-order valence-electron chi connectivity index (χ2n) is 3.39. The number of rotatable bonds is 4. The van der Waals surface area contributed by atoms with E-state index in [4.69, 9.17) is 4.74 Å². The number of methoxy groups -OCH3 is 1. The van der Waals surface area contributed by atoms with Crippen LogP contribution < -0.4 is 0 Å². The Kier molecular flexibility index (Phi) is 3.87.